The van der Waals surface area contributed by atoms with Crippen LogP contribution in [0.15, 0.2) is 0 Å². The van der Waals surface area contributed by atoms with Crippen LogP contribution in [0.25, 0.3) is 0 Å². The molecule has 3 rings (SSSR count). The van der Waals surface area contributed by atoms with E-state index in [9.17, 15) is 9.18 Å². The minimum atomic E-state index is -0.988. The molecule has 0 aromatic carbocycles. The highest BCUT2D eigenvalue weighted by atomic mass is 19.1. The SMILES string of the molecule is C=O.CC(CN)C1CC1.CCOC(=O)N1CCCC(N2CCC(C)(F)CC2)CC1. The fourth-order valence-electron chi connectivity index (χ4n) is 4.05. The molecule has 1 amide bonds. The van der Waals surface area contributed by atoms with Gasteiger partial charge >= 0.3 is 6.09 Å². The van der Waals surface area contributed by atoms with Crippen LogP contribution in [0.1, 0.15) is 65.7 Å². The van der Waals surface area contributed by atoms with E-state index in [0.29, 0.717) is 25.5 Å². The van der Waals surface area contributed by atoms with Crippen LogP contribution in [0.5, 0.6) is 0 Å². The third-order valence-electron chi connectivity index (χ3n) is 6.38. The number of amides is 1. The molecule has 0 aromatic heterocycles. The van der Waals surface area contributed by atoms with Crippen molar-refractivity contribution < 1.29 is 18.7 Å². The molecule has 0 spiro atoms. The van der Waals surface area contributed by atoms with E-state index in [0.717, 1.165) is 63.8 Å². The fraction of sp³-hybridized carbons (Fsp3) is 0.909. The Morgan fingerprint density at radius 3 is 2.28 bits per heavy atom. The third kappa shape index (κ3) is 9.43. The number of alkyl halides is 1. The van der Waals surface area contributed by atoms with Gasteiger partial charge in [0.15, 0.2) is 0 Å². The second-order valence-corrected chi connectivity index (χ2v) is 8.77. The van der Waals surface area contributed by atoms with Crippen molar-refractivity contribution in [1.29, 1.82) is 0 Å². The largest absolute Gasteiger partial charge is 0.450 e. The summed E-state index contributed by atoms with van der Waals surface area (Å²) < 4.78 is 18.9. The molecule has 3 fully saturated rings. The van der Waals surface area contributed by atoms with Gasteiger partial charge in [-0.3, -0.25) is 0 Å². The van der Waals surface area contributed by atoms with Gasteiger partial charge < -0.3 is 25.1 Å². The summed E-state index contributed by atoms with van der Waals surface area (Å²) in [5, 5.41) is 0. The highest BCUT2D eigenvalue weighted by molar-refractivity contribution is 5.67. The van der Waals surface area contributed by atoms with Gasteiger partial charge in [-0.05, 0) is 77.2 Å². The summed E-state index contributed by atoms with van der Waals surface area (Å²) in [6.45, 7) is 12.3. The molecule has 3 aliphatic rings. The Kier molecular flexibility index (Phi) is 11.7. The third-order valence-corrected chi connectivity index (χ3v) is 6.38. The first kappa shape index (κ1) is 25.8. The Balaban J connectivity index is 0.000000390. The van der Waals surface area contributed by atoms with Crippen LogP contribution in [0.4, 0.5) is 9.18 Å². The van der Waals surface area contributed by atoms with Crippen LogP contribution in [-0.4, -0.2) is 73.7 Å². The van der Waals surface area contributed by atoms with Crippen molar-refractivity contribution in [3.63, 3.8) is 0 Å². The fourth-order valence-corrected chi connectivity index (χ4v) is 4.05. The van der Waals surface area contributed by atoms with Gasteiger partial charge in [-0.1, -0.05) is 6.92 Å². The van der Waals surface area contributed by atoms with Crippen LogP contribution in [-0.2, 0) is 9.53 Å². The summed E-state index contributed by atoms with van der Waals surface area (Å²) >= 11 is 0. The molecular weight excluding hydrogens is 373 g/mol. The summed E-state index contributed by atoms with van der Waals surface area (Å²) in [5.41, 5.74) is 4.43. The Hall–Kier alpha value is -1.21. The van der Waals surface area contributed by atoms with E-state index in [1.54, 1.807) is 6.92 Å². The van der Waals surface area contributed by atoms with Crippen molar-refractivity contribution in [2.24, 2.45) is 17.6 Å². The van der Waals surface area contributed by atoms with Crippen LogP contribution >= 0.6 is 0 Å². The number of likely N-dealkylation sites (tertiary alicyclic amines) is 2. The Morgan fingerprint density at radius 1 is 1.17 bits per heavy atom. The molecule has 0 radical (unpaired) electrons. The van der Waals surface area contributed by atoms with Crippen LogP contribution < -0.4 is 5.73 Å². The van der Waals surface area contributed by atoms with E-state index < -0.39 is 5.67 Å². The van der Waals surface area contributed by atoms with Gasteiger partial charge in [-0.2, -0.15) is 0 Å². The zero-order valence-electron chi connectivity index (χ0n) is 18.7. The number of ether oxygens (including phenoxy) is 1. The van der Waals surface area contributed by atoms with Gasteiger partial charge in [0.05, 0.1) is 6.61 Å². The molecule has 2 heterocycles. The molecule has 2 atom stereocenters. The second-order valence-electron chi connectivity index (χ2n) is 8.77. The quantitative estimate of drug-likeness (QED) is 0.759. The van der Waals surface area contributed by atoms with Crippen LogP contribution in [0.3, 0.4) is 0 Å². The Labute approximate surface area is 176 Å². The minimum Gasteiger partial charge on any atom is -0.450 e. The average Bonchev–Trinajstić information content (AvgIpc) is 3.57. The molecule has 2 aliphatic heterocycles. The normalized spacial score (nSPS) is 25.4. The summed E-state index contributed by atoms with van der Waals surface area (Å²) in [7, 11) is 0. The molecular formula is C22H42FN3O3. The van der Waals surface area contributed by atoms with Crippen LogP contribution in [0, 0.1) is 11.8 Å². The summed E-state index contributed by atoms with van der Waals surface area (Å²) in [6, 6.07) is 0.491. The highest BCUT2D eigenvalue weighted by Crippen LogP contribution is 2.35. The van der Waals surface area contributed by atoms with Crippen molar-refractivity contribution in [3.05, 3.63) is 0 Å². The van der Waals surface area contributed by atoms with Crippen molar-refractivity contribution in [1.82, 2.24) is 9.80 Å². The number of nitrogens with zero attached hydrogens (tertiary/aromatic N) is 2. The number of carbonyl (C=O) groups excluding carboxylic acids is 2. The molecule has 1 saturated carbocycles. The number of piperidine rings is 1. The zero-order chi connectivity index (χ0) is 21.9. The summed E-state index contributed by atoms with van der Waals surface area (Å²) in [6.07, 6.45) is 7.00. The van der Waals surface area contributed by atoms with E-state index >= 15 is 0 Å². The first-order chi connectivity index (χ1) is 13.9. The summed E-state index contributed by atoms with van der Waals surface area (Å²) in [5.74, 6) is 1.78. The zero-order valence-corrected chi connectivity index (χ0v) is 18.7. The second kappa shape index (κ2) is 13.2. The standard InChI is InChI=1S/C15H27FN2O2.C6H13N.CH2O/c1-3-20-14(19)18-9-4-5-13(6-10-18)17-11-7-15(2,16)8-12-17;1-5(4-7)6-2-3-6;1-2/h13H,3-12H2,1-2H3;5-6H,2-4,7H2,1H3;1H2. The van der Waals surface area contributed by atoms with Gasteiger partial charge in [0.25, 0.3) is 0 Å². The van der Waals surface area contributed by atoms with E-state index in [2.05, 4.69) is 11.8 Å². The van der Waals surface area contributed by atoms with Crippen molar-refractivity contribution in [3.8, 4) is 0 Å². The lowest BCUT2D eigenvalue weighted by molar-refractivity contribution is -0.0980. The predicted molar refractivity (Wildman–Crippen MR) is 115 cm³/mol. The molecule has 2 saturated heterocycles. The van der Waals surface area contributed by atoms with Gasteiger partial charge in [0.2, 0.25) is 0 Å². The minimum absolute atomic E-state index is 0.192. The maximum atomic E-state index is 13.8. The number of carbonyl (C=O) groups is 2. The Morgan fingerprint density at radius 2 is 1.79 bits per heavy atom. The van der Waals surface area contributed by atoms with E-state index in [4.69, 9.17) is 15.3 Å². The molecule has 29 heavy (non-hydrogen) atoms. The first-order valence-electron chi connectivity index (χ1n) is 11.2. The van der Waals surface area contributed by atoms with Gasteiger partial charge in [-0.15, -0.1) is 0 Å². The number of nitrogens with two attached hydrogens (primary N) is 1. The lowest BCUT2D eigenvalue weighted by Crippen LogP contribution is -2.45. The molecule has 0 aromatic rings. The van der Waals surface area contributed by atoms with Crippen LogP contribution in [0.2, 0.25) is 0 Å². The molecule has 6 nitrogen and oxygen atoms in total. The molecule has 2 unspecified atom stereocenters. The number of hydrogen-bond donors (Lipinski definition) is 1. The average molecular weight is 416 g/mol. The summed E-state index contributed by atoms with van der Waals surface area (Å²) in [4.78, 5) is 24.0. The van der Waals surface area contributed by atoms with E-state index in [1.165, 1.54) is 12.8 Å². The van der Waals surface area contributed by atoms with Gasteiger partial charge in [0, 0.05) is 32.2 Å². The lowest BCUT2D eigenvalue weighted by Gasteiger charge is -2.38. The maximum Gasteiger partial charge on any atom is 0.409 e. The monoisotopic (exact) mass is 415 g/mol. The van der Waals surface area contributed by atoms with Gasteiger partial charge in [-0.25, -0.2) is 9.18 Å². The molecule has 0 bridgehead atoms. The molecule has 170 valence electrons. The highest BCUT2D eigenvalue weighted by Gasteiger charge is 2.33. The lowest BCUT2D eigenvalue weighted by atomic mass is 9.93. The van der Waals surface area contributed by atoms with Crippen molar-refractivity contribution in [2.75, 3.05) is 39.3 Å². The molecule has 7 heteroatoms. The number of hydrogen-bond acceptors (Lipinski definition) is 5. The topological polar surface area (TPSA) is 75.9 Å². The maximum absolute atomic E-state index is 13.8. The molecule has 1 aliphatic carbocycles. The van der Waals surface area contributed by atoms with Crippen molar-refractivity contribution in [2.45, 2.75) is 77.4 Å². The van der Waals surface area contributed by atoms with E-state index in [1.807, 2.05) is 18.6 Å². The van der Waals surface area contributed by atoms with E-state index in [-0.39, 0.29) is 6.09 Å². The predicted octanol–water partition coefficient (Wildman–Crippen LogP) is 3.63. The number of rotatable bonds is 4. The number of halogens is 1. The Bertz CT molecular complexity index is 464. The smallest absolute Gasteiger partial charge is 0.409 e. The van der Waals surface area contributed by atoms with Gasteiger partial charge in [0.1, 0.15) is 12.5 Å². The molecule has 2 N–H and O–H groups in total. The van der Waals surface area contributed by atoms with Crippen molar-refractivity contribution >= 4 is 12.9 Å². The first-order valence-corrected chi connectivity index (χ1v) is 11.2.